The van der Waals surface area contributed by atoms with Crippen molar-refractivity contribution in [3.05, 3.63) is 52.1 Å². The predicted molar refractivity (Wildman–Crippen MR) is 79.7 cm³/mol. The van der Waals surface area contributed by atoms with Gasteiger partial charge in [0.2, 0.25) is 0 Å². The zero-order valence-electron chi connectivity index (χ0n) is 12.5. The minimum Gasteiger partial charge on any atom is -0.292 e. The minimum absolute atomic E-state index is 0.0685. The van der Waals surface area contributed by atoms with Crippen LogP contribution in [0.15, 0.2) is 35.7 Å². The molecule has 1 aromatic rings. The van der Waals surface area contributed by atoms with E-state index in [2.05, 4.69) is 0 Å². The number of hydrogen-bond donors (Lipinski definition) is 0. The highest BCUT2D eigenvalue weighted by Crippen LogP contribution is 2.37. The fourth-order valence-corrected chi connectivity index (χ4v) is 2.36. The van der Waals surface area contributed by atoms with E-state index in [0.717, 1.165) is 24.1 Å². The van der Waals surface area contributed by atoms with Crippen LogP contribution < -0.4 is 4.90 Å². The third kappa shape index (κ3) is 3.06. The molecule has 0 saturated heterocycles. The van der Waals surface area contributed by atoms with Crippen molar-refractivity contribution < 1.29 is 22.4 Å². The summed E-state index contributed by atoms with van der Waals surface area (Å²) in [6.07, 6.45) is -2.59. The van der Waals surface area contributed by atoms with Crippen LogP contribution in [0.5, 0.6) is 0 Å². The molecule has 1 aliphatic heterocycles. The summed E-state index contributed by atoms with van der Waals surface area (Å²) in [6, 6.07) is 1.34. The monoisotopic (exact) mass is 348 g/mol. The summed E-state index contributed by atoms with van der Waals surface area (Å²) < 4.78 is 53.2. The van der Waals surface area contributed by atoms with Crippen LogP contribution in [-0.2, 0) is 0 Å². The fourth-order valence-electron chi connectivity index (χ4n) is 2.20. The van der Waals surface area contributed by atoms with E-state index in [-0.39, 0.29) is 16.4 Å². The van der Waals surface area contributed by atoms with E-state index in [1.807, 2.05) is 0 Å². The number of aryl methyl sites for hydroxylation is 1. The lowest BCUT2D eigenvalue weighted by Gasteiger charge is -2.35. The summed E-state index contributed by atoms with van der Waals surface area (Å²) in [7, 11) is 0.988. The fraction of sp³-hybridized carbons (Fsp3) is 0.267. The quantitative estimate of drug-likeness (QED) is 0.654. The van der Waals surface area contributed by atoms with Crippen molar-refractivity contribution >= 4 is 23.3 Å². The first kappa shape index (κ1) is 17.3. The molecule has 0 atom stereocenters. The standard InChI is InChI=1S/C15H13ClF4N2O/c1-4-9-6-13(15(18,19)20)21(3)14(23)22(9)12-5-8(2)10(16)7-11(12)17/h4-7H,1-3H3. The number of hydrogen-bond acceptors (Lipinski definition) is 1. The van der Waals surface area contributed by atoms with Gasteiger partial charge in [0.15, 0.2) is 0 Å². The molecule has 2 amide bonds. The highest BCUT2D eigenvalue weighted by atomic mass is 35.5. The third-order valence-corrected chi connectivity index (χ3v) is 3.84. The van der Waals surface area contributed by atoms with Crippen LogP contribution in [0.1, 0.15) is 12.5 Å². The third-order valence-electron chi connectivity index (χ3n) is 3.44. The molecule has 8 heteroatoms. The van der Waals surface area contributed by atoms with Crippen molar-refractivity contribution in [1.29, 1.82) is 0 Å². The Morgan fingerprint density at radius 1 is 1.26 bits per heavy atom. The second-order valence-electron chi connectivity index (χ2n) is 4.97. The zero-order chi connectivity index (χ0) is 17.5. The smallest absolute Gasteiger partial charge is 0.292 e. The molecule has 0 radical (unpaired) electrons. The Kier molecular flexibility index (Phi) is 4.43. The van der Waals surface area contributed by atoms with Crippen LogP contribution >= 0.6 is 11.6 Å². The molecule has 1 heterocycles. The number of carbonyl (C=O) groups excluding carboxylic acids is 1. The van der Waals surface area contributed by atoms with Crippen LogP contribution in [0, 0.1) is 12.7 Å². The van der Waals surface area contributed by atoms with Crippen molar-refractivity contribution in [2.75, 3.05) is 11.9 Å². The maximum Gasteiger partial charge on any atom is 0.431 e. The predicted octanol–water partition coefficient (Wildman–Crippen LogP) is 5.01. The highest BCUT2D eigenvalue weighted by molar-refractivity contribution is 6.31. The minimum atomic E-state index is -4.70. The van der Waals surface area contributed by atoms with Crippen molar-refractivity contribution in [1.82, 2.24) is 4.90 Å². The van der Waals surface area contributed by atoms with Gasteiger partial charge >= 0.3 is 12.2 Å². The number of anilines is 1. The topological polar surface area (TPSA) is 23.6 Å². The van der Waals surface area contributed by atoms with Gasteiger partial charge in [-0.2, -0.15) is 13.2 Å². The van der Waals surface area contributed by atoms with Crippen molar-refractivity contribution in [3.8, 4) is 0 Å². The number of carbonyl (C=O) groups is 1. The number of amides is 2. The molecule has 3 nitrogen and oxygen atoms in total. The van der Waals surface area contributed by atoms with Crippen LogP contribution in [-0.4, -0.2) is 24.2 Å². The molecule has 0 N–H and O–H groups in total. The van der Waals surface area contributed by atoms with Gasteiger partial charge in [0.25, 0.3) is 0 Å². The lowest BCUT2D eigenvalue weighted by atomic mass is 10.1. The Balaban J connectivity index is 2.63. The van der Waals surface area contributed by atoms with Gasteiger partial charge in [0.1, 0.15) is 11.5 Å². The van der Waals surface area contributed by atoms with E-state index in [9.17, 15) is 22.4 Å². The van der Waals surface area contributed by atoms with Crippen LogP contribution in [0.3, 0.4) is 0 Å². The molecule has 1 aliphatic rings. The second-order valence-corrected chi connectivity index (χ2v) is 5.38. The van der Waals surface area contributed by atoms with Crippen molar-refractivity contribution in [2.45, 2.75) is 20.0 Å². The number of benzene rings is 1. The Labute approximate surface area is 135 Å². The van der Waals surface area contributed by atoms with Gasteiger partial charge in [-0.1, -0.05) is 17.7 Å². The van der Waals surface area contributed by atoms with Gasteiger partial charge in [0.05, 0.1) is 5.69 Å². The van der Waals surface area contributed by atoms with Crippen LogP contribution in [0.2, 0.25) is 5.02 Å². The molecule has 0 fully saturated rings. The first-order valence-corrected chi connectivity index (χ1v) is 6.94. The Morgan fingerprint density at radius 2 is 1.87 bits per heavy atom. The van der Waals surface area contributed by atoms with E-state index >= 15 is 0 Å². The summed E-state index contributed by atoms with van der Waals surface area (Å²) in [5, 5.41) is 0.164. The molecule has 1 aromatic carbocycles. The van der Waals surface area contributed by atoms with E-state index in [0.29, 0.717) is 10.5 Å². The molecule has 0 bridgehead atoms. The first-order chi connectivity index (χ1) is 10.6. The van der Waals surface area contributed by atoms with Crippen molar-refractivity contribution in [2.24, 2.45) is 0 Å². The number of allylic oxidation sites excluding steroid dienone is 3. The average molecular weight is 349 g/mol. The molecule has 2 rings (SSSR count). The summed E-state index contributed by atoms with van der Waals surface area (Å²) in [6.45, 7) is 3.07. The van der Waals surface area contributed by atoms with Gasteiger partial charge in [-0.05, 0) is 37.6 Å². The van der Waals surface area contributed by atoms with E-state index in [1.54, 1.807) is 6.92 Å². The maximum atomic E-state index is 14.2. The zero-order valence-corrected chi connectivity index (χ0v) is 13.3. The molecule has 0 spiro atoms. The Morgan fingerprint density at radius 3 is 2.39 bits per heavy atom. The average Bonchev–Trinajstić information content (AvgIpc) is 2.44. The van der Waals surface area contributed by atoms with Gasteiger partial charge in [0, 0.05) is 17.8 Å². The SMILES string of the molecule is CC=C1C=C(C(F)(F)F)N(C)C(=O)N1c1cc(C)c(Cl)cc1F. The number of halogens is 5. The second kappa shape index (κ2) is 5.88. The lowest BCUT2D eigenvalue weighted by Crippen LogP contribution is -2.47. The number of nitrogens with zero attached hydrogens (tertiary/aromatic N) is 2. The highest BCUT2D eigenvalue weighted by Gasteiger charge is 2.43. The molecular formula is C15H13ClF4N2O. The van der Waals surface area contributed by atoms with E-state index in [4.69, 9.17) is 11.6 Å². The maximum absolute atomic E-state index is 14.2. The van der Waals surface area contributed by atoms with Gasteiger partial charge in [-0.3, -0.25) is 9.80 Å². The first-order valence-electron chi connectivity index (χ1n) is 6.56. The number of urea groups is 1. The molecule has 0 unspecified atom stereocenters. The summed E-state index contributed by atoms with van der Waals surface area (Å²) in [5.74, 6) is -0.800. The summed E-state index contributed by atoms with van der Waals surface area (Å²) in [5.41, 5.74) is -0.840. The van der Waals surface area contributed by atoms with Crippen LogP contribution in [0.25, 0.3) is 0 Å². The normalized spacial score (nSPS) is 17.8. The molecule has 124 valence electrons. The molecule has 0 aromatic heterocycles. The largest absolute Gasteiger partial charge is 0.431 e. The molecular weight excluding hydrogens is 336 g/mol. The lowest BCUT2D eigenvalue weighted by molar-refractivity contribution is -0.106. The Bertz CT molecular complexity index is 725. The van der Waals surface area contributed by atoms with Gasteiger partial charge in [-0.15, -0.1) is 0 Å². The van der Waals surface area contributed by atoms with Crippen LogP contribution in [0.4, 0.5) is 28.0 Å². The summed E-state index contributed by atoms with van der Waals surface area (Å²) >= 11 is 5.81. The summed E-state index contributed by atoms with van der Waals surface area (Å²) in [4.78, 5) is 13.7. The van der Waals surface area contributed by atoms with Crippen molar-refractivity contribution in [3.63, 3.8) is 0 Å². The molecule has 0 saturated carbocycles. The number of alkyl halides is 3. The van der Waals surface area contributed by atoms with E-state index in [1.165, 1.54) is 19.1 Å². The van der Waals surface area contributed by atoms with E-state index < -0.39 is 23.7 Å². The molecule has 0 aliphatic carbocycles. The number of rotatable bonds is 1. The Hall–Kier alpha value is -2.02. The molecule has 23 heavy (non-hydrogen) atoms. The van der Waals surface area contributed by atoms with Gasteiger partial charge < -0.3 is 0 Å². The van der Waals surface area contributed by atoms with Gasteiger partial charge in [-0.25, -0.2) is 9.18 Å².